The fraction of sp³-hybridized carbons (Fsp3) is 0.796. The van der Waals surface area contributed by atoms with Crippen molar-refractivity contribution in [1.29, 1.82) is 0 Å². The highest BCUT2D eigenvalue weighted by molar-refractivity contribution is 7.95. The monoisotopic (exact) mass is 772 g/mol. The summed E-state index contributed by atoms with van der Waals surface area (Å²) in [6.45, 7) is 5.26. The van der Waals surface area contributed by atoms with E-state index in [4.69, 9.17) is 9.47 Å². The fourth-order valence-corrected chi connectivity index (χ4v) is 8.22. The van der Waals surface area contributed by atoms with Crippen LogP contribution in [0.1, 0.15) is 225 Å². The van der Waals surface area contributed by atoms with Crippen molar-refractivity contribution in [3.8, 4) is 0 Å². The second-order valence-corrected chi connectivity index (χ2v) is 18.5. The molecule has 4 nitrogen and oxygen atoms in total. The number of esters is 2. The Labute approximate surface area is 338 Å². The zero-order valence-electron chi connectivity index (χ0n) is 36.2. The number of carbonyl (C=O) groups is 2. The summed E-state index contributed by atoms with van der Waals surface area (Å²) < 4.78 is 11.5. The van der Waals surface area contributed by atoms with E-state index in [2.05, 4.69) is 26.4 Å². The Morgan fingerprint density at radius 3 is 0.981 bits per heavy atom. The first-order valence-electron chi connectivity index (χ1n) is 23.2. The van der Waals surface area contributed by atoms with E-state index in [1.807, 2.05) is 30.3 Å². The van der Waals surface area contributed by atoms with E-state index in [-0.39, 0.29) is 16.5 Å². The van der Waals surface area contributed by atoms with Gasteiger partial charge in [-0.1, -0.05) is 237 Å². The van der Waals surface area contributed by atoms with Gasteiger partial charge in [-0.15, -0.1) is 0 Å². The molecule has 0 spiro atoms. The van der Waals surface area contributed by atoms with Crippen LogP contribution in [0.4, 0.5) is 0 Å². The molecular formula is C49H87O4S+. The molecule has 0 bridgehead atoms. The molecule has 0 aromatic heterocycles. The Balaban J connectivity index is 2.35. The van der Waals surface area contributed by atoms with Gasteiger partial charge in [0.05, 0.1) is 25.7 Å². The molecule has 0 saturated heterocycles. The average Bonchev–Trinajstić information content (AvgIpc) is 3.17. The highest BCUT2D eigenvalue weighted by Gasteiger charge is 2.29. The third-order valence-electron chi connectivity index (χ3n) is 10.7. The zero-order valence-corrected chi connectivity index (χ0v) is 37.0. The van der Waals surface area contributed by atoms with E-state index in [1.165, 1.54) is 180 Å². The van der Waals surface area contributed by atoms with Gasteiger partial charge < -0.3 is 9.47 Å². The van der Waals surface area contributed by atoms with E-state index >= 15 is 0 Å². The molecular weight excluding hydrogens is 685 g/mol. The van der Waals surface area contributed by atoms with E-state index in [9.17, 15) is 9.59 Å². The molecule has 0 aliphatic carbocycles. The minimum atomic E-state index is -0.530. The van der Waals surface area contributed by atoms with E-state index in [0.29, 0.717) is 19.0 Å². The Morgan fingerprint density at radius 2 is 0.704 bits per heavy atom. The first-order valence-corrected chi connectivity index (χ1v) is 25.4. The second-order valence-electron chi connectivity index (χ2n) is 16.2. The first-order chi connectivity index (χ1) is 26.5. The molecule has 0 fully saturated rings. The van der Waals surface area contributed by atoms with E-state index in [0.717, 1.165) is 36.8 Å². The standard InChI is InChI=1S/C49H87O4S/c1-5-7-9-11-13-15-17-19-21-23-25-27-29-31-33-38-42-52-48(50)47(46(44-54(3)4)45-40-36-35-37-41-45)49(51)53-43-39-34-32-30-28-26-24-22-20-18-16-14-12-10-8-6-2/h35-37,40-41H,5-34,38-39,42-44H2,1-4H3/q+1. The SMILES string of the molecule is CCCCCCCCCCCCCCCCCCOC(=O)C(C(=O)OCCCCCCCCCCCCCCCCCC)=C(C[S+](C)C)c1ccccc1. The van der Waals surface area contributed by atoms with Crippen LogP contribution in [-0.2, 0) is 30.0 Å². The Morgan fingerprint density at radius 1 is 0.426 bits per heavy atom. The molecule has 1 aromatic carbocycles. The number of rotatable bonds is 39. The van der Waals surface area contributed by atoms with Gasteiger partial charge in [-0.05, 0) is 29.3 Å². The van der Waals surface area contributed by atoms with Crippen LogP contribution in [0.5, 0.6) is 0 Å². The summed E-state index contributed by atoms with van der Waals surface area (Å²) in [4.78, 5) is 27.1. The number of carbonyl (C=O) groups excluding carboxylic acids is 2. The zero-order chi connectivity index (χ0) is 39.2. The van der Waals surface area contributed by atoms with Crippen LogP contribution in [0.15, 0.2) is 35.9 Å². The van der Waals surface area contributed by atoms with Crippen molar-refractivity contribution in [3.63, 3.8) is 0 Å². The van der Waals surface area contributed by atoms with Crippen molar-refractivity contribution in [2.24, 2.45) is 0 Å². The highest BCUT2D eigenvalue weighted by atomic mass is 32.2. The van der Waals surface area contributed by atoms with E-state index < -0.39 is 11.9 Å². The summed E-state index contributed by atoms with van der Waals surface area (Å²) in [6, 6.07) is 9.84. The third-order valence-corrected chi connectivity index (χ3v) is 11.6. The maximum absolute atomic E-state index is 13.5. The van der Waals surface area contributed by atoms with Crippen LogP contribution in [0.2, 0.25) is 0 Å². The summed E-state index contributed by atoms with van der Waals surface area (Å²) in [6.07, 6.45) is 46.0. The molecule has 1 aromatic rings. The van der Waals surface area contributed by atoms with Gasteiger partial charge in [-0.3, -0.25) is 0 Å². The number of benzene rings is 1. The number of hydrogen-bond acceptors (Lipinski definition) is 4. The maximum Gasteiger partial charge on any atom is 0.346 e. The van der Waals surface area contributed by atoms with Gasteiger partial charge in [0.2, 0.25) is 0 Å². The largest absolute Gasteiger partial charge is 0.462 e. The predicted molar refractivity (Wildman–Crippen MR) is 238 cm³/mol. The summed E-state index contributed by atoms with van der Waals surface area (Å²) in [5.41, 5.74) is 1.74. The van der Waals surface area contributed by atoms with Crippen molar-refractivity contribution in [3.05, 3.63) is 41.5 Å². The topological polar surface area (TPSA) is 52.6 Å². The van der Waals surface area contributed by atoms with Crippen molar-refractivity contribution in [2.45, 2.75) is 219 Å². The van der Waals surface area contributed by atoms with Crippen LogP contribution in [-0.4, -0.2) is 43.4 Å². The molecule has 0 aliphatic heterocycles. The normalized spacial score (nSPS) is 11.3. The van der Waals surface area contributed by atoms with Gasteiger partial charge in [0, 0.05) is 5.57 Å². The number of unbranched alkanes of at least 4 members (excludes halogenated alkanes) is 30. The minimum absolute atomic E-state index is 0.00981. The molecule has 0 radical (unpaired) electrons. The van der Waals surface area contributed by atoms with Crippen molar-refractivity contribution < 1.29 is 19.1 Å². The van der Waals surface area contributed by atoms with Crippen molar-refractivity contribution >= 4 is 28.4 Å². The van der Waals surface area contributed by atoms with Gasteiger partial charge >= 0.3 is 11.9 Å². The van der Waals surface area contributed by atoms with Gasteiger partial charge in [-0.2, -0.15) is 0 Å². The molecule has 5 heteroatoms. The Bertz CT molecular complexity index is 968. The van der Waals surface area contributed by atoms with E-state index in [1.54, 1.807) is 0 Å². The Hall–Kier alpha value is -1.75. The molecule has 0 N–H and O–H groups in total. The molecule has 0 unspecified atom stereocenters. The lowest BCUT2D eigenvalue weighted by Crippen LogP contribution is -2.23. The minimum Gasteiger partial charge on any atom is -0.462 e. The van der Waals surface area contributed by atoms with Crippen LogP contribution in [0.3, 0.4) is 0 Å². The van der Waals surface area contributed by atoms with Crippen molar-refractivity contribution in [1.82, 2.24) is 0 Å². The van der Waals surface area contributed by atoms with Gasteiger partial charge in [0.15, 0.2) is 5.57 Å². The third kappa shape index (κ3) is 29.5. The van der Waals surface area contributed by atoms with Crippen LogP contribution < -0.4 is 0 Å². The van der Waals surface area contributed by atoms with Crippen LogP contribution >= 0.6 is 0 Å². The lowest BCUT2D eigenvalue weighted by atomic mass is 10.0. The molecule has 312 valence electrons. The highest BCUT2D eigenvalue weighted by Crippen LogP contribution is 2.24. The average molecular weight is 772 g/mol. The molecule has 1 rings (SSSR count). The lowest BCUT2D eigenvalue weighted by Gasteiger charge is -2.14. The van der Waals surface area contributed by atoms with Crippen molar-refractivity contribution in [2.75, 3.05) is 31.5 Å². The molecule has 0 atom stereocenters. The van der Waals surface area contributed by atoms with Crippen LogP contribution in [0.25, 0.3) is 5.57 Å². The maximum atomic E-state index is 13.5. The number of hydrogen-bond donors (Lipinski definition) is 0. The number of ether oxygens (including phenoxy) is 2. The molecule has 0 saturated carbocycles. The second kappa shape index (κ2) is 38.1. The quantitative estimate of drug-likeness (QED) is 0.0167. The molecule has 0 heterocycles. The first kappa shape index (κ1) is 50.3. The van der Waals surface area contributed by atoms with Gasteiger partial charge in [0.25, 0.3) is 0 Å². The fourth-order valence-electron chi connectivity index (χ4n) is 7.33. The summed E-state index contributed by atoms with van der Waals surface area (Å²) in [5, 5.41) is 0. The summed E-state index contributed by atoms with van der Waals surface area (Å²) >= 11 is 0. The van der Waals surface area contributed by atoms with Gasteiger partial charge in [-0.25, -0.2) is 9.59 Å². The lowest BCUT2D eigenvalue weighted by molar-refractivity contribution is -0.147. The van der Waals surface area contributed by atoms with Gasteiger partial charge in [0.1, 0.15) is 5.75 Å². The molecule has 54 heavy (non-hydrogen) atoms. The van der Waals surface area contributed by atoms with Crippen LogP contribution in [0, 0.1) is 0 Å². The Kier molecular flexibility index (Phi) is 35.5. The summed E-state index contributed by atoms with van der Waals surface area (Å²) in [7, 11) is -0.00981. The smallest absolute Gasteiger partial charge is 0.346 e. The predicted octanol–water partition coefficient (Wildman–Crippen LogP) is 14.9. The molecule has 0 aliphatic rings. The summed E-state index contributed by atoms with van der Waals surface area (Å²) in [5.74, 6) is -0.420. The molecule has 0 amide bonds.